The fraction of sp³-hybridized carbons (Fsp3) is 0.478. The number of nitrogens with zero attached hydrogens (tertiary/aromatic N) is 3. The van der Waals surface area contributed by atoms with E-state index in [2.05, 4.69) is 10.5 Å². The number of hydrogen-bond donors (Lipinski definition) is 1. The minimum Gasteiger partial charge on any atom is -0.361 e. The molecule has 32 heavy (non-hydrogen) atoms. The third-order valence-electron chi connectivity index (χ3n) is 5.62. The molecule has 0 bridgehead atoms. The Morgan fingerprint density at radius 1 is 1.31 bits per heavy atom. The zero-order valence-corrected chi connectivity index (χ0v) is 20.7. The van der Waals surface area contributed by atoms with E-state index in [-0.39, 0.29) is 11.8 Å². The molecular formula is C23H28N4O3S2. The molecule has 1 aliphatic rings. The number of aryl methyl sites for hydroxylation is 2. The number of rotatable bonds is 5. The molecule has 2 aromatic heterocycles. The van der Waals surface area contributed by atoms with Crippen molar-refractivity contribution in [3.8, 4) is 0 Å². The highest BCUT2D eigenvalue weighted by Gasteiger charge is 2.38. The molecule has 1 N–H and O–H groups in total. The number of likely N-dealkylation sites (tertiary alicyclic amines) is 1. The number of benzene rings is 1. The number of carbonyl (C=O) groups excluding carboxylic acids is 2. The van der Waals surface area contributed by atoms with Crippen LogP contribution in [0.2, 0.25) is 0 Å². The van der Waals surface area contributed by atoms with E-state index in [1.807, 2.05) is 52.8 Å². The van der Waals surface area contributed by atoms with Gasteiger partial charge in [-0.25, -0.2) is 4.98 Å². The number of fused-ring (bicyclic) bond motifs is 1. The summed E-state index contributed by atoms with van der Waals surface area (Å²) in [5, 5.41) is 7.01. The van der Waals surface area contributed by atoms with Gasteiger partial charge in [0.1, 0.15) is 11.8 Å². The second kappa shape index (κ2) is 8.86. The van der Waals surface area contributed by atoms with E-state index in [1.54, 1.807) is 28.0 Å². The van der Waals surface area contributed by atoms with Gasteiger partial charge in [0, 0.05) is 29.0 Å². The maximum atomic E-state index is 13.0. The Bertz CT molecular complexity index is 1140. The normalized spacial score (nSPS) is 16.7. The van der Waals surface area contributed by atoms with E-state index < -0.39 is 11.5 Å². The summed E-state index contributed by atoms with van der Waals surface area (Å²) in [6.45, 7) is 10.2. The first-order chi connectivity index (χ1) is 15.1. The molecule has 0 saturated carbocycles. The predicted octanol–water partition coefficient (Wildman–Crippen LogP) is 5.17. The molecule has 0 spiro atoms. The number of nitrogens with one attached hydrogen (secondary N) is 1. The molecule has 7 nitrogen and oxygen atoms in total. The molecule has 1 aliphatic heterocycles. The molecule has 3 aromatic rings. The molecule has 170 valence electrons. The fourth-order valence-electron chi connectivity index (χ4n) is 3.82. The largest absolute Gasteiger partial charge is 0.361 e. The van der Waals surface area contributed by atoms with Crippen molar-refractivity contribution in [1.29, 1.82) is 0 Å². The number of thioether (sulfide) groups is 1. The fourth-order valence-corrected chi connectivity index (χ4v) is 6.08. The molecule has 1 atom stereocenters. The summed E-state index contributed by atoms with van der Waals surface area (Å²) in [6.07, 6.45) is 1.54. The number of amides is 2. The molecule has 9 heteroatoms. The van der Waals surface area contributed by atoms with Gasteiger partial charge in [-0.15, -0.1) is 11.3 Å². The molecule has 1 saturated heterocycles. The first-order valence-electron chi connectivity index (χ1n) is 10.7. The summed E-state index contributed by atoms with van der Waals surface area (Å²) in [5.74, 6) is 1.49. The molecule has 2 amide bonds. The van der Waals surface area contributed by atoms with Crippen LogP contribution < -0.4 is 5.32 Å². The lowest BCUT2D eigenvalue weighted by Crippen LogP contribution is -2.47. The van der Waals surface area contributed by atoms with Gasteiger partial charge in [0.25, 0.3) is 0 Å². The van der Waals surface area contributed by atoms with Gasteiger partial charge < -0.3 is 14.7 Å². The van der Waals surface area contributed by atoms with Crippen LogP contribution in [0.3, 0.4) is 0 Å². The Labute approximate surface area is 195 Å². The predicted molar refractivity (Wildman–Crippen MR) is 128 cm³/mol. The van der Waals surface area contributed by atoms with Crippen molar-refractivity contribution in [2.75, 3.05) is 11.9 Å². The van der Waals surface area contributed by atoms with Gasteiger partial charge in [0.2, 0.25) is 11.8 Å². The van der Waals surface area contributed by atoms with Gasteiger partial charge >= 0.3 is 0 Å². The van der Waals surface area contributed by atoms with Crippen molar-refractivity contribution in [1.82, 2.24) is 15.0 Å². The average Bonchev–Trinajstić information content (AvgIpc) is 3.44. The van der Waals surface area contributed by atoms with E-state index in [9.17, 15) is 9.59 Å². The lowest BCUT2D eigenvalue weighted by Gasteiger charge is -2.30. The van der Waals surface area contributed by atoms with Crippen LogP contribution in [-0.4, -0.2) is 39.4 Å². The highest BCUT2D eigenvalue weighted by molar-refractivity contribution is 8.00. The van der Waals surface area contributed by atoms with Gasteiger partial charge in [-0.1, -0.05) is 37.7 Å². The van der Waals surface area contributed by atoms with Crippen LogP contribution in [0.5, 0.6) is 0 Å². The van der Waals surface area contributed by atoms with Gasteiger partial charge in [-0.3, -0.25) is 9.59 Å². The van der Waals surface area contributed by atoms with Crippen molar-refractivity contribution < 1.29 is 14.1 Å². The second-order valence-corrected chi connectivity index (χ2v) is 11.4. The average molecular weight is 473 g/mol. The smallest absolute Gasteiger partial charge is 0.247 e. The number of anilines is 1. The van der Waals surface area contributed by atoms with E-state index >= 15 is 0 Å². The number of carbonyl (C=O) groups is 2. The first-order valence-corrected chi connectivity index (χ1v) is 12.5. The third-order valence-corrected chi connectivity index (χ3v) is 7.80. The van der Waals surface area contributed by atoms with Crippen LogP contribution in [0.15, 0.2) is 27.1 Å². The first kappa shape index (κ1) is 22.8. The number of thiazole rings is 1. The Morgan fingerprint density at radius 3 is 2.78 bits per heavy atom. The Balaban J connectivity index is 1.45. The van der Waals surface area contributed by atoms with Gasteiger partial charge in [-0.05, 0) is 44.9 Å². The van der Waals surface area contributed by atoms with E-state index in [0.717, 1.165) is 49.4 Å². The summed E-state index contributed by atoms with van der Waals surface area (Å²) in [5.41, 5.74) is 3.14. The van der Waals surface area contributed by atoms with E-state index in [4.69, 9.17) is 9.51 Å². The minimum atomic E-state index is -0.498. The van der Waals surface area contributed by atoms with Crippen molar-refractivity contribution >= 4 is 50.8 Å². The maximum absolute atomic E-state index is 13.0. The molecule has 4 rings (SSSR count). The van der Waals surface area contributed by atoms with Crippen molar-refractivity contribution in [3.63, 3.8) is 0 Å². The minimum absolute atomic E-state index is 0.0213. The van der Waals surface area contributed by atoms with Crippen LogP contribution in [0.25, 0.3) is 10.2 Å². The zero-order valence-electron chi connectivity index (χ0n) is 19.0. The highest BCUT2D eigenvalue weighted by atomic mass is 32.2. The molecule has 0 radical (unpaired) electrons. The van der Waals surface area contributed by atoms with Crippen molar-refractivity contribution in [2.24, 2.45) is 5.41 Å². The molecule has 1 unspecified atom stereocenters. The van der Waals surface area contributed by atoms with E-state index in [1.165, 1.54) is 0 Å². The zero-order chi connectivity index (χ0) is 23.0. The van der Waals surface area contributed by atoms with Gasteiger partial charge in [-0.2, -0.15) is 0 Å². The summed E-state index contributed by atoms with van der Waals surface area (Å²) in [4.78, 5) is 32.1. The Kier molecular flexibility index (Phi) is 6.31. The summed E-state index contributed by atoms with van der Waals surface area (Å²) >= 11 is 3.25. The molecule has 3 heterocycles. The molecule has 1 fully saturated rings. The summed E-state index contributed by atoms with van der Waals surface area (Å²) in [7, 11) is 0. The monoisotopic (exact) mass is 472 g/mol. The molecule has 1 aromatic carbocycles. The second-order valence-electron chi connectivity index (χ2n) is 9.15. The third kappa shape index (κ3) is 4.68. The van der Waals surface area contributed by atoms with Crippen LogP contribution in [0, 0.1) is 19.3 Å². The topological polar surface area (TPSA) is 88.3 Å². The van der Waals surface area contributed by atoms with Crippen molar-refractivity contribution in [2.45, 2.75) is 63.6 Å². The quantitative estimate of drug-likeness (QED) is 0.516. The highest BCUT2D eigenvalue weighted by Crippen LogP contribution is 2.34. The maximum Gasteiger partial charge on any atom is 0.247 e. The Hall–Kier alpha value is -2.39. The van der Waals surface area contributed by atoms with Crippen LogP contribution in [0.1, 0.15) is 50.6 Å². The molecule has 0 aliphatic carbocycles. The lowest BCUT2D eigenvalue weighted by molar-refractivity contribution is -0.143. The lowest BCUT2D eigenvalue weighted by atomic mass is 9.94. The summed E-state index contributed by atoms with van der Waals surface area (Å²) < 4.78 is 7.20. The van der Waals surface area contributed by atoms with Gasteiger partial charge in [0.15, 0.2) is 4.34 Å². The van der Waals surface area contributed by atoms with Crippen molar-refractivity contribution in [3.05, 3.63) is 35.2 Å². The number of aromatic nitrogens is 2. The Morgan fingerprint density at radius 2 is 2.09 bits per heavy atom. The van der Waals surface area contributed by atoms with Gasteiger partial charge in [0.05, 0.1) is 15.9 Å². The van der Waals surface area contributed by atoms with E-state index in [0.29, 0.717) is 13.0 Å². The van der Waals surface area contributed by atoms with Crippen LogP contribution in [-0.2, 0) is 15.3 Å². The van der Waals surface area contributed by atoms with Crippen LogP contribution >= 0.6 is 23.1 Å². The summed E-state index contributed by atoms with van der Waals surface area (Å²) in [6, 6.07) is 5.33. The molecular weight excluding hydrogens is 444 g/mol. The standard InChI is InChI=1S/C23H28N4O3S2/c1-13-16(14(2)30-26-13)12-31-22-25-17-9-8-15(11-19(17)32-22)24-20(28)18-7-6-10-27(18)21(29)23(3,4)5/h8-9,11,18H,6-7,10,12H2,1-5H3,(H,24,28). The number of hydrogen-bond acceptors (Lipinski definition) is 7. The SMILES string of the molecule is Cc1noc(C)c1CSc1nc2ccc(NC(=O)C3CCCN3C(=O)C(C)(C)C)cc2s1. The van der Waals surface area contributed by atoms with Crippen LogP contribution in [0.4, 0.5) is 5.69 Å².